The summed E-state index contributed by atoms with van der Waals surface area (Å²) >= 11 is 0. The van der Waals surface area contributed by atoms with Crippen LogP contribution in [-0.4, -0.2) is 56.5 Å². The fraction of sp³-hybridized carbons (Fsp3) is 0.938. The largest absolute Gasteiger partial charge is 0.380 e. The molecule has 5 nitrogen and oxygen atoms in total. The lowest BCUT2D eigenvalue weighted by atomic mass is 9.87. The zero-order valence-corrected chi connectivity index (χ0v) is 13.6. The molecule has 1 rings (SSSR count). The van der Waals surface area contributed by atoms with Crippen LogP contribution in [0.25, 0.3) is 0 Å². The molecule has 0 amide bonds. The maximum Gasteiger partial charge on any atom is 0.107 e. The van der Waals surface area contributed by atoms with E-state index in [2.05, 4.69) is 11.0 Å². The van der Waals surface area contributed by atoms with E-state index in [1.807, 2.05) is 13.8 Å². The normalized spacial score (nSPS) is 25.4. The zero-order valence-electron chi connectivity index (χ0n) is 13.6. The Hall–Kier alpha value is -0.670. The first-order valence-electron chi connectivity index (χ1n) is 8.24. The van der Waals surface area contributed by atoms with Crippen molar-refractivity contribution in [3.05, 3.63) is 0 Å². The van der Waals surface area contributed by atoms with Crippen molar-refractivity contribution < 1.29 is 9.47 Å². The molecule has 0 radical (unpaired) electrons. The Bertz CT molecular complexity index is 309. The molecule has 0 saturated heterocycles. The number of hydrogen-bond donors (Lipinski definition) is 1. The quantitative estimate of drug-likeness (QED) is 0.589. The van der Waals surface area contributed by atoms with Crippen molar-refractivity contribution in [2.45, 2.75) is 45.1 Å². The Kier molecular flexibility index (Phi) is 8.86. The van der Waals surface area contributed by atoms with Gasteiger partial charge in [-0.15, -0.1) is 0 Å². The topological polar surface area (TPSA) is 71.5 Å². The molecule has 0 bridgehead atoms. The fourth-order valence-corrected chi connectivity index (χ4v) is 3.00. The van der Waals surface area contributed by atoms with E-state index >= 15 is 0 Å². The van der Waals surface area contributed by atoms with E-state index in [0.29, 0.717) is 5.92 Å². The molecule has 0 aromatic rings. The van der Waals surface area contributed by atoms with Gasteiger partial charge in [0.2, 0.25) is 0 Å². The van der Waals surface area contributed by atoms with Crippen molar-refractivity contribution in [3.63, 3.8) is 0 Å². The van der Waals surface area contributed by atoms with E-state index < -0.39 is 5.54 Å². The number of nitrogens with two attached hydrogens (primary N) is 1. The molecule has 0 heterocycles. The van der Waals surface area contributed by atoms with Gasteiger partial charge in [0, 0.05) is 26.3 Å². The van der Waals surface area contributed by atoms with Crippen LogP contribution in [0.5, 0.6) is 0 Å². The highest BCUT2D eigenvalue weighted by Gasteiger charge is 2.39. The second-order valence-corrected chi connectivity index (χ2v) is 5.77. The van der Waals surface area contributed by atoms with Crippen LogP contribution in [0.1, 0.15) is 39.5 Å². The summed E-state index contributed by atoms with van der Waals surface area (Å²) in [5, 5.41) is 9.28. The fourth-order valence-electron chi connectivity index (χ4n) is 3.00. The number of rotatable bonds is 11. The Morgan fingerprint density at radius 1 is 1.19 bits per heavy atom. The standard InChI is InChI=1S/C16H31N3O2/c1-3-20-12-10-19(11-13-21-4-2)9-7-15-6-5-8-16(15,18)14-17/h15H,3-13,18H2,1-2H3. The van der Waals surface area contributed by atoms with Gasteiger partial charge in [-0.1, -0.05) is 6.42 Å². The molecule has 2 N–H and O–H groups in total. The van der Waals surface area contributed by atoms with Crippen molar-refractivity contribution in [3.8, 4) is 6.07 Å². The Morgan fingerprint density at radius 2 is 1.81 bits per heavy atom. The highest BCUT2D eigenvalue weighted by molar-refractivity contribution is 5.11. The van der Waals surface area contributed by atoms with Crippen molar-refractivity contribution in [2.24, 2.45) is 11.7 Å². The van der Waals surface area contributed by atoms with E-state index in [9.17, 15) is 5.26 Å². The third kappa shape index (κ3) is 6.31. The highest BCUT2D eigenvalue weighted by Crippen LogP contribution is 2.35. The van der Waals surface area contributed by atoms with Crippen molar-refractivity contribution in [2.75, 3.05) is 46.1 Å². The average Bonchev–Trinajstić information content (AvgIpc) is 2.86. The van der Waals surface area contributed by atoms with Crippen molar-refractivity contribution in [1.82, 2.24) is 4.90 Å². The van der Waals surface area contributed by atoms with E-state index in [1.165, 1.54) is 0 Å². The molecule has 2 unspecified atom stereocenters. The molecule has 122 valence electrons. The molecular formula is C16H31N3O2. The van der Waals surface area contributed by atoms with Crippen LogP contribution < -0.4 is 5.73 Å². The first kappa shape index (κ1) is 18.4. The molecule has 1 aliphatic carbocycles. The molecule has 2 atom stereocenters. The second kappa shape index (κ2) is 10.1. The molecule has 1 saturated carbocycles. The number of nitriles is 1. The van der Waals surface area contributed by atoms with Gasteiger partial charge < -0.3 is 15.2 Å². The van der Waals surface area contributed by atoms with Crippen LogP contribution in [0.2, 0.25) is 0 Å². The Balaban J connectivity index is 2.38. The van der Waals surface area contributed by atoms with Gasteiger partial charge in [-0.05, 0) is 45.6 Å². The van der Waals surface area contributed by atoms with E-state index in [1.54, 1.807) is 0 Å². The van der Waals surface area contributed by atoms with Gasteiger partial charge in [0.1, 0.15) is 5.54 Å². The van der Waals surface area contributed by atoms with Gasteiger partial charge in [-0.25, -0.2) is 0 Å². The minimum Gasteiger partial charge on any atom is -0.380 e. The maximum atomic E-state index is 9.28. The van der Waals surface area contributed by atoms with Crippen molar-refractivity contribution in [1.29, 1.82) is 5.26 Å². The predicted octanol–water partition coefficient (Wildman–Crippen LogP) is 1.77. The number of ether oxygens (including phenoxy) is 2. The SMILES string of the molecule is CCOCCN(CCOCC)CCC1CCCC1(N)C#N. The van der Waals surface area contributed by atoms with E-state index in [0.717, 1.165) is 71.7 Å². The first-order valence-corrected chi connectivity index (χ1v) is 8.24. The van der Waals surface area contributed by atoms with Crippen molar-refractivity contribution >= 4 is 0 Å². The lowest BCUT2D eigenvalue weighted by Crippen LogP contribution is -2.43. The summed E-state index contributed by atoms with van der Waals surface area (Å²) in [6.07, 6.45) is 3.98. The van der Waals surface area contributed by atoms with Gasteiger partial charge in [0.05, 0.1) is 19.3 Å². The minimum absolute atomic E-state index is 0.323. The van der Waals surface area contributed by atoms with Crippen LogP contribution in [0.15, 0.2) is 0 Å². The zero-order chi connectivity index (χ0) is 15.6. The summed E-state index contributed by atoms with van der Waals surface area (Å²) in [7, 11) is 0. The molecular weight excluding hydrogens is 266 g/mol. The van der Waals surface area contributed by atoms with E-state index in [4.69, 9.17) is 15.2 Å². The molecule has 1 fully saturated rings. The first-order chi connectivity index (χ1) is 10.2. The molecule has 21 heavy (non-hydrogen) atoms. The Labute approximate surface area is 129 Å². The Morgan fingerprint density at radius 3 is 2.33 bits per heavy atom. The molecule has 1 aliphatic rings. The smallest absolute Gasteiger partial charge is 0.107 e. The summed E-state index contributed by atoms with van der Waals surface area (Å²) in [4.78, 5) is 2.36. The molecule has 0 aromatic carbocycles. The van der Waals surface area contributed by atoms with Crippen LogP contribution >= 0.6 is 0 Å². The summed E-state index contributed by atoms with van der Waals surface area (Å²) in [5.74, 6) is 0.323. The van der Waals surface area contributed by atoms with E-state index in [-0.39, 0.29) is 0 Å². The highest BCUT2D eigenvalue weighted by atomic mass is 16.5. The summed E-state index contributed by atoms with van der Waals surface area (Å²) in [5.41, 5.74) is 5.60. The van der Waals surface area contributed by atoms with Gasteiger partial charge >= 0.3 is 0 Å². The minimum atomic E-state index is -0.606. The third-order valence-corrected chi connectivity index (χ3v) is 4.39. The van der Waals surface area contributed by atoms with Crippen LogP contribution in [0.4, 0.5) is 0 Å². The van der Waals surface area contributed by atoms with Crippen LogP contribution in [0.3, 0.4) is 0 Å². The van der Waals surface area contributed by atoms with Crippen LogP contribution in [0, 0.1) is 17.2 Å². The van der Waals surface area contributed by atoms with Gasteiger partial charge in [0.15, 0.2) is 0 Å². The summed E-state index contributed by atoms with van der Waals surface area (Å²) in [6, 6.07) is 2.33. The molecule has 0 aliphatic heterocycles. The second-order valence-electron chi connectivity index (χ2n) is 5.77. The predicted molar refractivity (Wildman–Crippen MR) is 83.9 cm³/mol. The lowest BCUT2D eigenvalue weighted by molar-refractivity contribution is 0.0793. The third-order valence-electron chi connectivity index (χ3n) is 4.39. The molecule has 0 spiro atoms. The monoisotopic (exact) mass is 297 g/mol. The van der Waals surface area contributed by atoms with Gasteiger partial charge in [0.25, 0.3) is 0 Å². The molecule has 5 heteroatoms. The van der Waals surface area contributed by atoms with Crippen LogP contribution in [-0.2, 0) is 9.47 Å². The maximum absolute atomic E-state index is 9.28. The number of nitrogens with zero attached hydrogens (tertiary/aromatic N) is 2. The molecule has 0 aromatic heterocycles. The summed E-state index contributed by atoms with van der Waals surface area (Å²) in [6.45, 7) is 9.82. The lowest BCUT2D eigenvalue weighted by Gasteiger charge is -2.28. The average molecular weight is 297 g/mol. The van der Waals surface area contributed by atoms with Gasteiger partial charge in [-0.2, -0.15) is 5.26 Å². The summed E-state index contributed by atoms with van der Waals surface area (Å²) < 4.78 is 10.9. The van der Waals surface area contributed by atoms with Gasteiger partial charge in [-0.3, -0.25) is 4.90 Å². The number of hydrogen-bond acceptors (Lipinski definition) is 5.